The summed E-state index contributed by atoms with van der Waals surface area (Å²) < 4.78 is 7.13. The van der Waals surface area contributed by atoms with E-state index in [4.69, 9.17) is 4.74 Å². The SMILES string of the molecule is CCN(CC)C(=O)c1cnn(-c2ccccc2)c1NC(=O)COc1ccc(C)cc1. The molecule has 1 N–H and O–H groups in total. The molecule has 0 fully saturated rings. The van der Waals surface area contributed by atoms with Gasteiger partial charge in [-0.25, -0.2) is 4.68 Å². The van der Waals surface area contributed by atoms with Gasteiger partial charge in [-0.05, 0) is 45.0 Å². The maximum atomic E-state index is 13.0. The molecule has 7 heteroatoms. The molecule has 30 heavy (non-hydrogen) atoms. The molecule has 0 unspecified atom stereocenters. The number of hydrogen-bond donors (Lipinski definition) is 1. The zero-order valence-corrected chi connectivity index (χ0v) is 17.5. The highest BCUT2D eigenvalue weighted by atomic mass is 16.5. The Bertz CT molecular complexity index is 993. The molecule has 0 bridgehead atoms. The number of aromatic nitrogens is 2. The fraction of sp³-hybridized carbons (Fsp3) is 0.261. The van der Waals surface area contributed by atoms with E-state index >= 15 is 0 Å². The highest BCUT2D eigenvalue weighted by Gasteiger charge is 2.23. The molecule has 0 radical (unpaired) electrons. The minimum absolute atomic E-state index is 0.179. The van der Waals surface area contributed by atoms with Crippen molar-refractivity contribution in [2.24, 2.45) is 0 Å². The van der Waals surface area contributed by atoms with Crippen LogP contribution in [0, 0.1) is 6.92 Å². The van der Waals surface area contributed by atoms with Crippen molar-refractivity contribution in [2.75, 3.05) is 25.0 Å². The lowest BCUT2D eigenvalue weighted by atomic mass is 10.2. The molecule has 0 saturated heterocycles. The number of nitrogens with zero attached hydrogens (tertiary/aromatic N) is 3. The van der Waals surface area contributed by atoms with Crippen LogP contribution in [0.3, 0.4) is 0 Å². The molecule has 0 saturated carbocycles. The van der Waals surface area contributed by atoms with Gasteiger partial charge in [0.15, 0.2) is 6.61 Å². The third-order valence-electron chi connectivity index (χ3n) is 4.70. The first-order valence-electron chi connectivity index (χ1n) is 9.95. The number of carbonyl (C=O) groups excluding carboxylic acids is 2. The third-order valence-corrected chi connectivity index (χ3v) is 4.70. The second-order valence-electron chi connectivity index (χ2n) is 6.78. The van der Waals surface area contributed by atoms with Gasteiger partial charge in [0, 0.05) is 13.1 Å². The van der Waals surface area contributed by atoms with Crippen LogP contribution in [0.1, 0.15) is 29.8 Å². The van der Waals surface area contributed by atoms with E-state index in [1.165, 1.54) is 6.20 Å². The normalized spacial score (nSPS) is 10.5. The van der Waals surface area contributed by atoms with E-state index in [1.54, 1.807) is 9.58 Å². The highest BCUT2D eigenvalue weighted by Crippen LogP contribution is 2.22. The Kier molecular flexibility index (Phi) is 6.85. The number of nitrogens with one attached hydrogen (secondary N) is 1. The van der Waals surface area contributed by atoms with Crippen molar-refractivity contribution >= 4 is 17.6 Å². The molecule has 0 atom stereocenters. The van der Waals surface area contributed by atoms with Crippen molar-refractivity contribution in [3.05, 3.63) is 71.9 Å². The van der Waals surface area contributed by atoms with Crippen LogP contribution in [0.2, 0.25) is 0 Å². The van der Waals surface area contributed by atoms with Gasteiger partial charge in [0.25, 0.3) is 11.8 Å². The van der Waals surface area contributed by atoms with Crippen molar-refractivity contribution < 1.29 is 14.3 Å². The number of para-hydroxylation sites is 1. The maximum Gasteiger partial charge on any atom is 0.263 e. The van der Waals surface area contributed by atoms with Crippen LogP contribution in [-0.2, 0) is 4.79 Å². The minimum atomic E-state index is -0.373. The number of hydrogen-bond acceptors (Lipinski definition) is 4. The lowest BCUT2D eigenvalue weighted by molar-refractivity contribution is -0.118. The molecule has 0 aliphatic carbocycles. The number of rotatable bonds is 8. The summed E-state index contributed by atoms with van der Waals surface area (Å²) in [6, 6.07) is 16.8. The summed E-state index contributed by atoms with van der Waals surface area (Å²) in [5.41, 5.74) is 2.19. The van der Waals surface area contributed by atoms with E-state index < -0.39 is 0 Å². The van der Waals surface area contributed by atoms with Gasteiger partial charge in [-0.3, -0.25) is 9.59 Å². The number of carbonyl (C=O) groups is 2. The molecule has 1 heterocycles. The van der Waals surface area contributed by atoms with Gasteiger partial charge in [0.2, 0.25) is 0 Å². The first-order chi connectivity index (χ1) is 14.5. The zero-order chi connectivity index (χ0) is 21.5. The van der Waals surface area contributed by atoms with Crippen LogP contribution in [0.25, 0.3) is 5.69 Å². The van der Waals surface area contributed by atoms with E-state index in [1.807, 2.05) is 75.4 Å². The monoisotopic (exact) mass is 406 g/mol. The summed E-state index contributed by atoms with van der Waals surface area (Å²) in [7, 11) is 0. The van der Waals surface area contributed by atoms with E-state index in [0.29, 0.717) is 30.2 Å². The quantitative estimate of drug-likeness (QED) is 0.619. The molecule has 0 aliphatic heterocycles. The van der Waals surface area contributed by atoms with Crippen LogP contribution < -0.4 is 10.1 Å². The predicted octanol–water partition coefficient (Wildman–Crippen LogP) is 3.68. The van der Waals surface area contributed by atoms with Gasteiger partial charge in [-0.15, -0.1) is 0 Å². The Morgan fingerprint density at radius 2 is 1.70 bits per heavy atom. The molecule has 3 rings (SSSR count). The topological polar surface area (TPSA) is 76.5 Å². The second-order valence-corrected chi connectivity index (χ2v) is 6.78. The van der Waals surface area contributed by atoms with Gasteiger partial charge in [-0.1, -0.05) is 35.9 Å². The Labute approximate surface area is 176 Å². The Morgan fingerprint density at radius 3 is 2.33 bits per heavy atom. The summed E-state index contributed by atoms with van der Waals surface area (Å²) in [4.78, 5) is 27.3. The highest BCUT2D eigenvalue weighted by molar-refractivity contribution is 6.03. The summed E-state index contributed by atoms with van der Waals surface area (Å²) in [5.74, 6) is 0.376. The molecule has 2 aromatic carbocycles. The average Bonchev–Trinajstić information content (AvgIpc) is 3.18. The summed E-state index contributed by atoms with van der Waals surface area (Å²) >= 11 is 0. The van der Waals surface area contributed by atoms with E-state index in [-0.39, 0.29) is 18.4 Å². The Morgan fingerprint density at radius 1 is 1.03 bits per heavy atom. The van der Waals surface area contributed by atoms with Gasteiger partial charge >= 0.3 is 0 Å². The smallest absolute Gasteiger partial charge is 0.263 e. The molecular formula is C23H26N4O3. The Balaban J connectivity index is 1.84. The van der Waals surface area contributed by atoms with E-state index in [9.17, 15) is 9.59 Å². The molecule has 0 aliphatic rings. The van der Waals surface area contributed by atoms with Crippen molar-refractivity contribution in [3.63, 3.8) is 0 Å². The van der Waals surface area contributed by atoms with Crippen molar-refractivity contribution in [1.29, 1.82) is 0 Å². The van der Waals surface area contributed by atoms with Crippen molar-refractivity contribution in [2.45, 2.75) is 20.8 Å². The number of anilines is 1. The molecule has 3 aromatic rings. The average molecular weight is 406 g/mol. The first-order valence-corrected chi connectivity index (χ1v) is 9.95. The number of ether oxygens (including phenoxy) is 1. The molecule has 2 amide bonds. The maximum absolute atomic E-state index is 13.0. The first kappa shape index (κ1) is 21.1. The summed E-state index contributed by atoms with van der Waals surface area (Å²) in [6.45, 7) is 6.76. The van der Waals surface area contributed by atoms with Crippen LogP contribution in [0.5, 0.6) is 5.75 Å². The lowest BCUT2D eigenvalue weighted by Crippen LogP contribution is -2.31. The van der Waals surface area contributed by atoms with Crippen molar-refractivity contribution in [3.8, 4) is 11.4 Å². The second kappa shape index (κ2) is 9.73. The molecule has 1 aromatic heterocycles. The molecule has 156 valence electrons. The lowest BCUT2D eigenvalue weighted by Gasteiger charge is -2.19. The minimum Gasteiger partial charge on any atom is -0.484 e. The van der Waals surface area contributed by atoms with E-state index in [2.05, 4.69) is 10.4 Å². The van der Waals surface area contributed by atoms with Gasteiger partial charge in [-0.2, -0.15) is 5.10 Å². The number of benzene rings is 2. The fourth-order valence-corrected chi connectivity index (χ4v) is 3.02. The fourth-order valence-electron chi connectivity index (χ4n) is 3.02. The molecule has 0 spiro atoms. The van der Waals surface area contributed by atoms with Crippen LogP contribution in [0.15, 0.2) is 60.8 Å². The molecule has 7 nitrogen and oxygen atoms in total. The van der Waals surface area contributed by atoms with Gasteiger partial charge in [0.05, 0.1) is 11.9 Å². The van der Waals surface area contributed by atoms with E-state index in [0.717, 1.165) is 11.3 Å². The summed E-state index contributed by atoms with van der Waals surface area (Å²) in [5, 5.41) is 7.17. The van der Waals surface area contributed by atoms with Crippen LogP contribution in [-0.4, -0.2) is 46.2 Å². The number of amides is 2. The third kappa shape index (κ3) is 4.86. The predicted molar refractivity (Wildman–Crippen MR) is 116 cm³/mol. The number of aryl methyl sites for hydroxylation is 1. The van der Waals surface area contributed by atoms with Gasteiger partial charge in [0.1, 0.15) is 17.1 Å². The summed E-state index contributed by atoms with van der Waals surface area (Å²) in [6.07, 6.45) is 1.49. The van der Waals surface area contributed by atoms with Crippen LogP contribution in [0.4, 0.5) is 5.82 Å². The Hall–Kier alpha value is -3.61. The standard InChI is InChI=1S/C23H26N4O3/c1-4-26(5-2)23(29)20-15-24-27(18-9-7-6-8-10-18)22(20)25-21(28)16-30-19-13-11-17(3)12-14-19/h6-15H,4-5,16H2,1-3H3,(H,25,28). The zero-order valence-electron chi connectivity index (χ0n) is 17.5. The molecular weight excluding hydrogens is 380 g/mol. The van der Waals surface area contributed by atoms with Gasteiger partial charge < -0.3 is 15.0 Å². The van der Waals surface area contributed by atoms with Crippen LogP contribution >= 0.6 is 0 Å². The largest absolute Gasteiger partial charge is 0.484 e. The van der Waals surface area contributed by atoms with Crippen molar-refractivity contribution in [1.82, 2.24) is 14.7 Å².